The maximum absolute atomic E-state index is 12.3. The Morgan fingerprint density at radius 2 is 1.59 bits per heavy atom. The van der Waals surface area contributed by atoms with Crippen molar-refractivity contribution in [2.24, 2.45) is 4.99 Å². The van der Waals surface area contributed by atoms with Gasteiger partial charge in [0.25, 0.3) is 0 Å². The first-order valence-electron chi connectivity index (χ1n) is 11.2. The number of anilines is 1. The molecule has 0 bridgehead atoms. The van der Waals surface area contributed by atoms with E-state index in [9.17, 15) is 25.9 Å². The van der Waals surface area contributed by atoms with Gasteiger partial charge in [-0.3, -0.25) is 4.99 Å². The van der Waals surface area contributed by atoms with Crippen molar-refractivity contribution in [3.8, 4) is 22.5 Å². The molecule has 0 fully saturated rings. The average molecular weight is 552 g/mol. The van der Waals surface area contributed by atoms with Crippen molar-refractivity contribution >= 4 is 36.9 Å². The Kier molecular flexibility index (Phi) is 8.60. The zero-order valence-corrected chi connectivity index (χ0v) is 24.7. The first-order valence-corrected chi connectivity index (χ1v) is 14.0. The van der Waals surface area contributed by atoms with Gasteiger partial charge in [0, 0.05) is 53.0 Å². The molecule has 0 unspecified atom stereocenters. The normalized spacial score (nSPS) is 12.6. The van der Waals surface area contributed by atoms with Crippen LogP contribution < -0.4 is 40.2 Å². The number of aryl methyl sites for hydroxylation is 2. The van der Waals surface area contributed by atoms with Crippen LogP contribution in [-0.2, 0) is 20.2 Å². The van der Waals surface area contributed by atoms with Crippen LogP contribution in [0.1, 0.15) is 25.0 Å². The average Bonchev–Trinajstić information content (AvgIpc) is 2.78. The third-order valence-corrected chi connectivity index (χ3v) is 7.57. The molecule has 2 aliphatic rings. The topological polar surface area (TPSA) is 152 Å². The Labute approximate surface area is 237 Å². The van der Waals surface area contributed by atoms with E-state index >= 15 is 0 Å². The molecule has 0 saturated carbocycles. The van der Waals surface area contributed by atoms with Crippen molar-refractivity contribution in [2.75, 3.05) is 18.4 Å². The molecule has 0 saturated heterocycles. The zero-order valence-electron chi connectivity index (χ0n) is 21.1. The third kappa shape index (κ3) is 5.78. The standard InChI is InChI=1S/C25H26N2O7S2.Na/c1-5-26-20-12-22-18(9-14(20)3)25(19-10-15(4)21(27-6-2)13-23(19)34-22)17-8-7-16(35(28,29)30)11-24(17)36(31,32)33;/h7-13,26H,5-6H2,1-4H3,(H,28,29,30)(H,31,32,33);/q;+1/p-2. The van der Waals surface area contributed by atoms with Crippen LogP contribution in [0.25, 0.3) is 33.4 Å². The van der Waals surface area contributed by atoms with E-state index in [-0.39, 0.29) is 35.1 Å². The Hall–Kier alpha value is -2.25. The molecule has 1 heterocycles. The van der Waals surface area contributed by atoms with Gasteiger partial charge in [0.1, 0.15) is 31.6 Å². The van der Waals surface area contributed by atoms with Crippen molar-refractivity contribution in [1.29, 1.82) is 0 Å². The van der Waals surface area contributed by atoms with Gasteiger partial charge < -0.3 is 18.8 Å². The molecule has 1 N–H and O–H groups in total. The Morgan fingerprint density at radius 3 is 2.19 bits per heavy atom. The number of benzene rings is 3. The summed E-state index contributed by atoms with van der Waals surface area (Å²) in [6, 6.07) is 9.93. The summed E-state index contributed by atoms with van der Waals surface area (Å²) in [5.41, 5.74) is 3.72. The number of hydrogen-bond acceptors (Lipinski definition) is 9. The summed E-state index contributed by atoms with van der Waals surface area (Å²) < 4.78 is 77.9. The molecule has 37 heavy (non-hydrogen) atoms. The van der Waals surface area contributed by atoms with Crippen LogP contribution in [0.15, 0.2) is 61.7 Å². The summed E-state index contributed by atoms with van der Waals surface area (Å²) in [5.74, 6) is 0.399. The molecule has 2 aromatic carbocycles. The second-order valence-corrected chi connectivity index (χ2v) is 11.1. The van der Waals surface area contributed by atoms with Gasteiger partial charge in [-0.15, -0.1) is 0 Å². The second-order valence-electron chi connectivity index (χ2n) is 8.35. The Balaban J connectivity index is 0.00000380. The summed E-state index contributed by atoms with van der Waals surface area (Å²) in [6.07, 6.45) is 0. The molecular formula is C25H24N2NaO7S2-. The molecule has 0 spiro atoms. The fraction of sp³-hybridized carbons (Fsp3) is 0.240. The molecule has 0 atom stereocenters. The van der Waals surface area contributed by atoms with Gasteiger partial charge in [0.15, 0.2) is 0 Å². The van der Waals surface area contributed by atoms with Gasteiger partial charge in [-0.25, -0.2) is 16.8 Å². The SMILES string of the molecule is CCN=c1cc2oc3cc(NCC)c(C)cc3c(-c3ccc(S(=O)(=O)[O-])cc3S(=O)(=O)[O-])c-2cc1C.[Na+]. The van der Waals surface area contributed by atoms with Gasteiger partial charge >= 0.3 is 29.6 Å². The number of hydrogen-bond donors (Lipinski definition) is 1. The van der Waals surface area contributed by atoms with Crippen molar-refractivity contribution in [3.63, 3.8) is 0 Å². The molecule has 190 valence electrons. The Morgan fingerprint density at radius 1 is 0.892 bits per heavy atom. The van der Waals surface area contributed by atoms with Gasteiger partial charge in [-0.1, -0.05) is 6.07 Å². The first kappa shape index (κ1) is 29.3. The van der Waals surface area contributed by atoms with Crippen LogP contribution in [0.5, 0.6) is 0 Å². The van der Waals surface area contributed by atoms with Gasteiger partial charge in [0.2, 0.25) is 0 Å². The molecule has 0 aromatic heterocycles. The molecule has 1 aliphatic carbocycles. The van der Waals surface area contributed by atoms with Crippen LogP contribution in [0.4, 0.5) is 5.69 Å². The van der Waals surface area contributed by atoms with Crippen LogP contribution in [0.3, 0.4) is 0 Å². The second kappa shape index (κ2) is 10.9. The van der Waals surface area contributed by atoms with Crippen molar-refractivity contribution < 1.29 is 59.9 Å². The number of nitrogens with one attached hydrogen (secondary N) is 1. The third-order valence-electron chi connectivity index (χ3n) is 5.86. The van der Waals surface area contributed by atoms with E-state index in [1.54, 1.807) is 18.2 Å². The van der Waals surface area contributed by atoms with E-state index in [4.69, 9.17) is 4.42 Å². The maximum atomic E-state index is 12.3. The summed E-state index contributed by atoms with van der Waals surface area (Å²) in [5, 5.41) is 4.46. The quantitative estimate of drug-likeness (QED) is 0.212. The number of rotatable bonds is 6. The maximum Gasteiger partial charge on any atom is 1.00 e. The van der Waals surface area contributed by atoms with Gasteiger partial charge in [-0.05, 0) is 63.1 Å². The van der Waals surface area contributed by atoms with Crippen LogP contribution in [0, 0.1) is 13.8 Å². The smallest absolute Gasteiger partial charge is 0.744 e. The van der Waals surface area contributed by atoms with E-state index < -0.39 is 30.0 Å². The first-order chi connectivity index (χ1) is 16.8. The summed E-state index contributed by atoms with van der Waals surface area (Å²) in [4.78, 5) is 2.87. The molecule has 0 radical (unpaired) electrons. The molecule has 9 nitrogen and oxygen atoms in total. The summed E-state index contributed by atoms with van der Waals surface area (Å²) in [7, 11) is -10.2. The fourth-order valence-electron chi connectivity index (χ4n) is 4.27. The van der Waals surface area contributed by atoms with Crippen molar-refractivity contribution in [1.82, 2.24) is 0 Å². The fourth-order valence-corrected chi connectivity index (χ4v) is 5.55. The summed E-state index contributed by atoms with van der Waals surface area (Å²) in [6.45, 7) is 8.77. The Bertz CT molecular complexity index is 1760. The molecule has 1 aliphatic heterocycles. The van der Waals surface area contributed by atoms with Crippen molar-refractivity contribution in [3.05, 3.63) is 58.9 Å². The van der Waals surface area contributed by atoms with E-state index in [0.717, 1.165) is 22.9 Å². The van der Waals surface area contributed by atoms with E-state index in [0.29, 0.717) is 52.4 Å². The molecule has 4 rings (SSSR count). The molecular weight excluding hydrogens is 527 g/mol. The van der Waals surface area contributed by atoms with Crippen LogP contribution in [-0.4, -0.2) is 39.0 Å². The largest absolute Gasteiger partial charge is 1.00 e. The zero-order chi connectivity index (χ0) is 26.4. The predicted molar refractivity (Wildman–Crippen MR) is 134 cm³/mol. The molecule has 2 aromatic rings. The molecule has 0 amide bonds. The van der Waals surface area contributed by atoms with Gasteiger partial charge in [0.05, 0.1) is 15.1 Å². The van der Waals surface area contributed by atoms with Crippen LogP contribution >= 0.6 is 0 Å². The number of nitrogens with zero attached hydrogens (tertiary/aromatic N) is 1. The minimum Gasteiger partial charge on any atom is -0.744 e. The van der Waals surface area contributed by atoms with Crippen molar-refractivity contribution in [2.45, 2.75) is 37.5 Å². The minimum absolute atomic E-state index is 0. The van der Waals surface area contributed by atoms with E-state index in [1.165, 1.54) is 6.07 Å². The number of fused-ring (bicyclic) bond motifs is 2. The van der Waals surface area contributed by atoms with E-state index in [2.05, 4.69) is 10.3 Å². The van der Waals surface area contributed by atoms with Gasteiger partial charge in [-0.2, -0.15) is 0 Å². The van der Waals surface area contributed by atoms with E-state index in [1.807, 2.05) is 33.8 Å². The predicted octanol–water partition coefficient (Wildman–Crippen LogP) is 0.986. The monoisotopic (exact) mass is 551 g/mol. The molecule has 12 heteroatoms. The van der Waals surface area contributed by atoms with Crippen LogP contribution in [0.2, 0.25) is 0 Å². The summed E-state index contributed by atoms with van der Waals surface area (Å²) >= 11 is 0. The minimum atomic E-state index is -5.17.